The molecule has 0 fully saturated rings. The number of carboxylic acids is 1. The van der Waals surface area contributed by atoms with Crippen molar-refractivity contribution >= 4 is 17.6 Å². The second kappa shape index (κ2) is 6.31. The zero-order valence-electron chi connectivity index (χ0n) is 12.4. The van der Waals surface area contributed by atoms with E-state index in [0.717, 1.165) is 22.5 Å². The van der Waals surface area contributed by atoms with Gasteiger partial charge >= 0.3 is 5.97 Å². The highest BCUT2D eigenvalue weighted by atomic mass is 35.5. The zero-order valence-corrected chi connectivity index (χ0v) is 13.2. The summed E-state index contributed by atoms with van der Waals surface area (Å²) in [6, 6.07) is 7.67. The van der Waals surface area contributed by atoms with Gasteiger partial charge in [0, 0.05) is 10.7 Å². The van der Waals surface area contributed by atoms with Crippen LogP contribution in [0.4, 0.5) is 0 Å². The summed E-state index contributed by atoms with van der Waals surface area (Å²) in [7, 11) is 0. The molecule has 1 heterocycles. The van der Waals surface area contributed by atoms with E-state index in [9.17, 15) is 4.79 Å². The van der Waals surface area contributed by atoms with Crippen LogP contribution < -0.4 is 0 Å². The molecular formula is C16H19ClN2O2. The first-order chi connectivity index (χ1) is 9.90. The second-order valence-corrected chi connectivity index (χ2v) is 5.75. The summed E-state index contributed by atoms with van der Waals surface area (Å²) in [5.41, 5.74) is 3.90. The van der Waals surface area contributed by atoms with Gasteiger partial charge in [-0.15, -0.1) is 0 Å². The minimum atomic E-state index is -0.785. The Balaban J connectivity index is 2.27. The third-order valence-corrected chi connectivity index (χ3v) is 4.11. The lowest BCUT2D eigenvalue weighted by Gasteiger charge is -2.09. The van der Waals surface area contributed by atoms with E-state index in [-0.39, 0.29) is 0 Å². The maximum atomic E-state index is 11.0. The van der Waals surface area contributed by atoms with Gasteiger partial charge in [-0.05, 0) is 37.5 Å². The van der Waals surface area contributed by atoms with Gasteiger partial charge in [-0.1, -0.05) is 36.7 Å². The smallest absolute Gasteiger partial charge is 0.306 e. The number of aryl methyl sites for hydroxylation is 1. The summed E-state index contributed by atoms with van der Waals surface area (Å²) < 4.78 is 1.89. The molecule has 0 saturated carbocycles. The number of aromatic nitrogens is 2. The number of carboxylic acid groups (broad SMARTS) is 1. The Morgan fingerprint density at radius 2 is 2.05 bits per heavy atom. The van der Waals surface area contributed by atoms with Crippen molar-refractivity contribution < 1.29 is 9.90 Å². The SMILES string of the molecule is Cc1nn(Cc2ccccc2Cl)c(C)c1CC(C)C(=O)O. The van der Waals surface area contributed by atoms with Crippen LogP contribution in [0, 0.1) is 19.8 Å². The summed E-state index contributed by atoms with van der Waals surface area (Å²) >= 11 is 6.18. The van der Waals surface area contributed by atoms with Gasteiger partial charge in [0.25, 0.3) is 0 Å². The van der Waals surface area contributed by atoms with Crippen molar-refractivity contribution in [1.82, 2.24) is 9.78 Å². The molecule has 0 aliphatic rings. The number of carbonyl (C=O) groups is 1. The molecule has 0 aliphatic heterocycles. The number of rotatable bonds is 5. The fraction of sp³-hybridized carbons (Fsp3) is 0.375. The average Bonchev–Trinajstić information content (AvgIpc) is 2.69. The van der Waals surface area contributed by atoms with E-state index in [1.807, 2.05) is 42.8 Å². The molecule has 4 nitrogen and oxygen atoms in total. The van der Waals surface area contributed by atoms with Gasteiger partial charge in [0.1, 0.15) is 0 Å². The van der Waals surface area contributed by atoms with E-state index in [4.69, 9.17) is 16.7 Å². The van der Waals surface area contributed by atoms with Crippen molar-refractivity contribution in [3.8, 4) is 0 Å². The zero-order chi connectivity index (χ0) is 15.6. The predicted molar refractivity (Wildman–Crippen MR) is 82.8 cm³/mol. The van der Waals surface area contributed by atoms with Crippen LogP contribution in [-0.4, -0.2) is 20.9 Å². The summed E-state index contributed by atoms with van der Waals surface area (Å²) in [6.45, 7) is 6.20. The van der Waals surface area contributed by atoms with E-state index >= 15 is 0 Å². The van der Waals surface area contributed by atoms with Crippen molar-refractivity contribution in [3.63, 3.8) is 0 Å². The minimum absolute atomic E-state index is 0.416. The third kappa shape index (κ3) is 3.45. The Kier molecular flexibility index (Phi) is 4.68. The number of benzene rings is 1. The molecule has 2 rings (SSSR count). The van der Waals surface area contributed by atoms with Crippen molar-refractivity contribution in [3.05, 3.63) is 51.8 Å². The molecule has 1 unspecified atom stereocenters. The van der Waals surface area contributed by atoms with Crippen LogP contribution in [0.15, 0.2) is 24.3 Å². The number of hydrogen-bond donors (Lipinski definition) is 1. The largest absolute Gasteiger partial charge is 0.481 e. The van der Waals surface area contributed by atoms with E-state index < -0.39 is 11.9 Å². The highest BCUT2D eigenvalue weighted by Crippen LogP contribution is 2.21. The Morgan fingerprint density at radius 1 is 1.38 bits per heavy atom. The molecule has 0 bridgehead atoms. The van der Waals surface area contributed by atoms with Crippen LogP contribution in [0.1, 0.15) is 29.4 Å². The first-order valence-electron chi connectivity index (χ1n) is 6.89. The Labute approximate surface area is 129 Å². The molecule has 0 aliphatic carbocycles. The molecule has 0 radical (unpaired) electrons. The van der Waals surface area contributed by atoms with E-state index in [0.29, 0.717) is 18.0 Å². The van der Waals surface area contributed by atoms with Gasteiger partial charge < -0.3 is 5.11 Å². The molecule has 0 spiro atoms. The van der Waals surface area contributed by atoms with Gasteiger partial charge in [0.2, 0.25) is 0 Å². The Morgan fingerprint density at radius 3 is 2.67 bits per heavy atom. The average molecular weight is 307 g/mol. The van der Waals surface area contributed by atoms with Crippen LogP contribution in [0.3, 0.4) is 0 Å². The molecule has 0 amide bonds. The van der Waals surface area contributed by atoms with Gasteiger partial charge in [-0.25, -0.2) is 0 Å². The lowest BCUT2D eigenvalue weighted by Crippen LogP contribution is -2.13. The number of aliphatic carboxylic acids is 1. The van der Waals surface area contributed by atoms with Crippen molar-refractivity contribution in [2.45, 2.75) is 33.7 Å². The molecule has 21 heavy (non-hydrogen) atoms. The van der Waals surface area contributed by atoms with Crippen LogP contribution >= 0.6 is 11.6 Å². The molecule has 2 aromatic rings. The summed E-state index contributed by atoms with van der Waals surface area (Å²) in [6.07, 6.45) is 0.496. The highest BCUT2D eigenvalue weighted by molar-refractivity contribution is 6.31. The molecule has 1 aromatic heterocycles. The Bertz CT molecular complexity index is 664. The summed E-state index contributed by atoms with van der Waals surface area (Å²) in [5.74, 6) is -1.20. The minimum Gasteiger partial charge on any atom is -0.481 e. The van der Waals surface area contributed by atoms with E-state index in [2.05, 4.69) is 5.10 Å². The third-order valence-electron chi connectivity index (χ3n) is 3.74. The maximum Gasteiger partial charge on any atom is 0.306 e. The van der Waals surface area contributed by atoms with Gasteiger partial charge in [-0.2, -0.15) is 5.10 Å². The fourth-order valence-corrected chi connectivity index (χ4v) is 2.56. The maximum absolute atomic E-state index is 11.0. The predicted octanol–water partition coefficient (Wildman–Crippen LogP) is 3.46. The highest BCUT2D eigenvalue weighted by Gasteiger charge is 2.18. The first kappa shape index (κ1) is 15.6. The first-order valence-corrected chi connectivity index (χ1v) is 7.27. The van der Waals surface area contributed by atoms with Crippen molar-refractivity contribution in [2.75, 3.05) is 0 Å². The van der Waals surface area contributed by atoms with E-state index in [1.165, 1.54) is 0 Å². The molecule has 1 atom stereocenters. The topological polar surface area (TPSA) is 55.1 Å². The molecule has 112 valence electrons. The number of hydrogen-bond acceptors (Lipinski definition) is 2. The van der Waals surface area contributed by atoms with Gasteiger partial charge in [-0.3, -0.25) is 9.48 Å². The van der Waals surface area contributed by atoms with Crippen LogP contribution in [0.2, 0.25) is 5.02 Å². The van der Waals surface area contributed by atoms with Crippen LogP contribution in [0.25, 0.3) is 0 Å². The second-order valence-electron chi connectivity index (χ2n) is 5.34. The standard InChI is InChI=1S/C16H19ClN2O2/c1-10(16(20)21)8-14-11(2)18-19(12(14)3)9-13-6-4-5-7-15(13)17/h4-7,10H,8-9H2,1-3H3,(H,20,21). The Hall–Kier alpha value is -1.81. The normalized spacial score (nSPS) is 12.4. The summed E-state index contributed by atoms with van der Waals surface area (Å²) in [4.78, 5) is 11.0. The van der Waals surface area contributed by atoms with Crippen molar-refractivity contribution in [1.29, 1.82) is 0 Å². The number of halogens is 1. The lowest BCUT2D eigenvalue weighted by molar-refractivity contribution is -0.141. The lowest BCUT2D eigenvalue weighted by atomic mass is 10.00. The van der Waals surface area contributed by atoms with Gasteiger partial charge in [0.05, 0.1) is 18.2 Å². The fourth-order valence-electron chi connectivity index (χ4n) is 2.36. The van der Waals surface area contributed by atoms with Gasteiger partial charge in [0.15, 0.2) is 0 Å². The van der Waals surface area contributed by atoms with E-state index in [1.54, 1.807) is 6.92 Å². The number of nitrogens with zero attached hydrogens (tertiary/aromatic N) is 2. The molecule has 1 aromatic carbocycles. The quantitative estimate of drug-likeness (QED) is 0.920. The van der Waals surface area contributed by atoms with Crippen LogP contribution in [0.5, 0.6) is 0 Å². The summed E-state index contributed by atoms with van der Waals surface area (Å²) in [5, 5.41) is 14.3. The van der Waals surface area contributed by atoms with Crippen molar-refractivity contribution in [2.24, 2.45) is 5.92 Å². The molecular weight excluding hydrogens is 288 g/mol. The molecule has 1 N–H and O–H groups in total. The molecule has 5 heteroatoms. The van der Waals surface area contributed by atoms with Crippen LogP contribution in [-0.2, 0) is 17.8 Å². The monoisotopic (exact) mass is 306 g/mol. The molecule has 0 saturated heterocycles.